The highest BCUT2D eigenvalue weighted by Crippen LogP contribution is 2.06. The fourth-order valence-corrected chi connectivity index (χ4v) is 2.86. The Morgan fingerprint density at radius 1 is 1.56 bits per heavy atom. The Balaban J connectivity index is 2.36. The average molecular weight is 292 g/mol. The fourth-order valence-electron chi connectivity index (χ4n) is 1.24. The highest BCUT2D eigenvalue weighted by Gasteiger charge is 2.17. The summed E-state index contributed by atoms with van der Waals surface area (Å²) in [7, 11) is -2.23. The van der Waals surface area contributed by atoms with Crippen molar-refractivity contribution in [2.24, 2.45) is 0 Å². The molecular weight excluding hydrogens is 276 g/mol. The molecule has 0 amide bonds. The predicted molar refractivity (Wildman–Crippen MR) is 69.8 cm³/mol. The predicted octanol–water partition coefficient (Wildman–Crippen LogP) is 0.532. The molecule has 0 aliphatic carbocycles. The topological polar surface area (TPSA) is 86.7 Å². The molecule has 0 spiro atoms. The van der Waals surface area contributed by atoms with E-state index in [0.29, 0.717) is 13.0 Å². The summed E-state index contributed by atoms with van der Waals surface area (Å²) in [6.45, 7) is 0.263. The number of carboxylic acid groups (broad SMARTS) is 1. The Bertz CT molecular complexity index is 470. The molecule has 1 heterocycles. The van der Waals surface area contributed by atoms with Gasteiger partial charge in [-0.15, -0.1) is 0 Å². The van der Waals surface area contributed by atoms with E-state index in [9.17, 15) is 13.2 Å². The van der Waals surface area contributed by atoms with Crippen LogP contribution in [-0.4, -0.2) is 43.9 Å². The number of nitrogens with one attached hydrogen (secondary N) is 1. The first-order valence-corrected chi connectivity index (χ1v) is 7.74. The van der Waals surface area contributed by atoms with Crippen LogP contribution in [0, 0.1) is 0 Å². The van der Waals surface area contributed by atoms with E-state index in [-0.39, 0.29) is 13.0 Å². The van der Waals surface area contributed by atoms with Gasteiger partial charge in [0.2, 0.25) is 0 Å². The molecule has 0 unspecified atom stereocenters. The van der Waals surface area contributed by atoms with Crippen molar-refractivity contribution in [1.29, 1.82) is 0 Å². The molecule has 8 heteroatoms. The van der Waals surface area contributed by atoms with Crippen LogP contribution in [0.4, 0.5) is 0 Å². The van der Waals surface area contributed by atoms with Crippen LogP contribution in [0.5, 0.6) is 0 Å². The first-order valence-electron chi connectivity index (χ1n) is 5.35. The molecule has 0 aromatic carbocycles. The van der Waals surface area contributed by atoms with Gasteiger partial charge >= 0.3 is 5.97 Å². The van der Waals surface area contributed by atoms with Crippen molar-refractivity contribution < 1.29 is 18.3 Å². The zero-order valence-corrected chi connectivity index (χ0v) is 11.6. The Kier molecular flexibility index (Phi) is 5.73. The minimum atomic E-state index is -3.59. The molecule has 6 nitrogen and oxygen atoms in total. The monoisotopic (exact) mass is 292 g/mol. The molecule has 1 rings (SSSR count). The van der Waals surface area contributed by atoms with E-state index in [1.807, 2.05) is 16.8 Å². The summed E-state index contributed by atoms with van der Waals surface area (Å²) < 4.78 is 26.8. The van der Waals surface area contributed by atoms with E-state index in [1.54, 1.807) is 11.3 Å². The van der Waals surface area contributed by atoms with Crippen LogP contribution in [-0.2, 0) is 21.4 Å². The van der Waals surface area contributed by atoms with Gasteiger partial charge in [0.15, 0.2) is 0 Å². The molecule has 0 bridgehead atoms. The number of carbonyl (C=O) groups is 1. The van der Waals surface area contributed by atoms with Crippen LogP contribution >= 0.6 is 11.3 Å². The van der Waals surface area contributed by atoms with Crippen molar-refractivity contribution >= 4 is 27.5 Å². The Morgan fingerprint density at radius 2 is 2.28 bits per heavy atom. The summed E-state index contributed by atoms with van der Waals surface area (Å²) in [4.78, 5) is 10.4. The van der Waals surface area contributed by atoms with E-state index in [4.69, 9.17) is 5.11 Å². The standard InChI is InChI=1S/C10H16N2O4S2/c1-12(6-3-10(13)14)18(15,16)11-5-2-9-4-7-17-8-9/h4,7-8,11H,2-3,5-6H2,1H3,(H,13,14). The van der Waals surface area contributed by atoms with Gasteiger partial charge in [-0.25, -0.2) is 4.72 Å². The molecule has 102 valence electrons. The maximum Gasteiger partial charge on any atom is 0.304 e. The molecule has 1 aromatic heterocycles. The molecule has 0 atom stereocenters. The highest BCUT2D eigenvalue weighted by atomic mass is 32.2. The summed E-state index contributed by atoms with van der Waals surface area (Å²) in [5.74, 6) is -1.02. The van der Waals surface area contributed by atoms with Crippen LogP contribution in [0.1, 0.15) is 12.0 Å². The smallest absolute Gasteiger partial charge is 0.304 e. The second kappa shape index (κ2) is 6.83. The van der Waals surface area contributed by atoms with Gasteiger partial charge in [0.1, 0.15) is 0 Å². The largest absolute Gasteiger partial charge is 0.481 e. The third kappa shape index (κ3) is 5.13. The van der Waals surface area contributed by atoms with Gasteiger partial charge in [-0.2, -0.15) is 24.1 Å². The molecule has 0 saturated heterocycles. The molecule has 0 fully saturated rings. The highest BCUT2D eigenvalue weighted by molar-refractivity contribution is 7.87. The fraction of sp³-hybridized carbons (Fsp3) is 0.500. The van der Waals surface area contributed by atoms with E-state index in [0.717, 1.165) is 9.87 Å². The molecule has 0 radical (unpaired) electrons. The quantitative estimate of drug-likeness (QED) is 0.732. The van der Waals surface area contributed by atoms with Crippen LogP contribution in [0.15, 0.2) is 16.8 Å². The van der Waals surface area contributed by atoms with Crippen molar-refractivity contribution in [3.8, 4) is 0 Å². The molecule has 0 aliphatic rings. The first-order chi connectivity index (χ1) is 8.42. The lowest BCUT2D eigenvalue weighted by Gasteiger charge is -2.16. The van der Waals surface area contributed by atoms with Gasteiger partial charge in [0.25, 0.3) is 10.2 Å². The van der Waals surface area contributed by atoms with Crippen molar-refractivity contribution in [3.05, 3.63) is 22.4 Å². The first kappa shape index (κ1) is 15.1. The molecule has 18 heavy (non-hydrogen) atoms. The SMILES string of the molecule is CN(CCC(=O)O)S(=O)(=O)NCCc1ccsc1. The van der Waals surface area contributed by atoms with E-state index < -0.39 is 16.2 Å². The minimum Gasteiger partial charge on any atom is -0.481 e. The lowest BCUT2D eigenvalue weighted by Crippen LogP contribution is -2.40. The number of carboxylic acids is 1. The summed E-state index contributed by atoms with van der Waals surface area (Å²) in [5, 5.41) is 12.4. The van der Waals surface area contributed by atoms with Crippen molar-refractivity contribution in [3.63, 3.8) is 0 Å². The lowest BCUT2D eigenvalue weighted by molar-refractivity contribution is -0.137. The van der Waals surface area contributed by atoms with E-state index in [2.05, 4.69) is 4.72 Å². The van der Waals surface area contributed by atoms with Gasteiger partial charge in [-0.1, -0.05) is 0 Å². The number of hydrogen-bond donors (Lipinski definition) is 2. The minimum absolute atomic E-state index is 0.0386. The summed E-state index contributed by atoms with van der Waals surface area (Å²) >= 11 is 1.56. The normalized spacial score (nSPS) is 11.9. The van der Waals surface area contributed by atoms with Gasteiger partial charge < -0.3 is 5.11 Å². The Labute approximate surface area is 110 Å². The third-order valence-electron chi connectivity index (χ3n) is 2.33. The third-order valence-corrected chi connectivity index (χ3v) is 4.63. The summed E-state index contributed by atoms with van der Waals surface area (Å²) in [5.41, 5.74) is 1.08. The number of hydrogen-bond acceptors (Lipinski definition) is 4. The number of aliphatic carboxylic acids is 1. The second-order valence-electron chi connectivity index (χ2n) is 3.75. The van der Waals surface area contributed by atoms with Crippen molar-refractivity contribution in [1.82, 2.24) is 9.03 Å². The van der Waals surface area contributed by atoms with Gasteiger partial charge in [-0.05, 0) is 28.8 Å². The van der Waals surface area contributed by atoms with Gasteiger partial charge in [0.05, 0.1) is 6.42 Å². The summed E-state index contributed by atoms with van der Waals surface area (Å²) in [6.07, 6.45) is 0.414. The van der Waals surface area contributed by atoms with E-state index >= 15 is 0 Å². The lowest BCUT2D eigenvalue weighted by atomic mass is 10.2. The number of thiophene rings is 1. The van der Waals surface area contributed by atoms with Crippen molar-refractivity contribution in [2.45, 2.75) is 12.8 Å². The molecule has 0 saturated carbocycles. The maximum absolute atomic E-state index is 11.7. The van der Waals surface area contributed by atoms with Gasteiger partial charge in [0, 0.05) is 20.1 Å². The zero-order valence-electron chi connectivity index (χ0n) is 10.00. The van der Waals surface area contributed by atoms with Gasteiger partial charge in [-0.3, -0.25) is 4.79 Å². The van der Waals surface area contributed by atoms with Crippen LogP contribution in [0.2, 0.25) is 0 Å². The average Bonchev–Trinajstić information content (AvgIpc) is 2.78. The molecule has 2 N–H and O–H groups in total. The Morgan fingerprint density at radius 3 is 2.83 bits per heavy atom. The summed E-state index contributed by atoms with van der Waals surface area (Å²) in [6, 6.07) is 1.94. The van der Waals surface area contributed by atoms with Crippen LogP contribution in [0.3, 0.4) is 0 Å². The molecular formula is C10H16N2O4S2. The second-order valence-corrected chi connectivity index (χ2v) is 6.39. The van der Waals surface area contributed by atoms with E-state index in [1.165, 1.54) is 7.05 Å². The van der Waals surface area contributed by atoms with Crippen LogP contribution in [0.25, 0.3) is 0 Å². The van der Waals surface area contributed by atoms with Crippen LogP contribution < -0.4 is 4.72 Å². The zero-order chi connectivity index (χ0) is 13.6. The van der Waals surface area contributed by atoms with Crippen molar-refractivity contribution in [2.75, 3.05) is 20.1 Å². The molecule has 0 aliphatic heterocycles. The Hall–Kier alpha value is -0.960. The molecule has 1 aromatic rings. The number of rotatable bonds is 8. The number of nitrogens with zero attached hydrogens (tertiary/aromatic N) is 1. The maximum atomic E-state index is 11.7.